The van der Waals surface area contributed by atoms with Gasteiger partial charge in [-0.05, 0) is 55.0 Å². The number of alkyl halides is 3. The lowest BCUT2D eigenvalue weighted by molar-refractivity contribution is -0.137. The number of hydrogen-bond donors (Lipinski definition) is 1. The quantitative estimate of drug-likeness (QED) is 0.296. The lowest BCUT2D eigenvalue weighted by Gasteiger charge is -2.23. The Labute approximate surface area is 190 Å². The average molecular weight is 454 g/mol. The van der Waals surface area contributed by atoms with E-state index in [9.17, 15) is 18.0 Å². The number of carbonyl (C=O) groups excluding carboxylic acids is 1. The molecule has 0 unspecified atom stereocenters. The number of hydrogen-bond acceptors (Lipinski definition) is 4. The first-order chi connectivity index (χ1) is 15.8. The fourth-order valence-electron chi connectivity index (χ4n) is 2.76. The summed E-state index contributed by atoms with van der Waals surface area (Å²) in [6.45, 7) is 9.95. The van der Waals surface area contributed by atoms with Crippen molar-refractivity contribution in [1.29, 1.82) is 5.26 Å². The van der Waals surface area contributed by atoms with Gasteiger partial charge in [0.25, 0.3) is 5.70 Å². The van der Waals surface area contributed by atoms with Gasteiger partial charge in [0.15, 0.2) is 0 Å². The number of ether oxygens (including phenoxy) is 1. The molecule has 0 aliphatic rings. The van der Waals surface area contributed by atoms with Gasteiger partial charge in [0, 0.05) is 17.9 Å². The van der Waals surface area contributed by atoms with Crippen LogP contribution in [0.3, 0.4) is 0 Å². The van der Waals surface area contributed by atoms with Crippen molar-refractivity contribution in [3.63, 3.8) is 0 Å². The standard InChI is InChI=1S/C24H21F3N4O2/c1-3-31(22-13-7-18(8-14-22)5-4-6-21(17-28)29-2)15-16-33-23(32)30-20-11-9-19(10-12-20)24(25,26)27/h4-14H,3,15-16H2,1H3,(H,30,32). The first-order valence-corrected chi connectivity index (χ1v) is 9.88. The van der Waals surface area contributed by atoms with Crippen molar-refractivity contribution in [2.45, 2.75) is 13.1 Å². The van der Waals surface area contributed by atoms with Crippen LogP contribution in [0.1, 0.15) is 18.1 Å². The maximum absolute atomic E-state index is 12.6. The van der Waals surface area contributed by atoms with Gasteiger partial charge in [-0.25, -0.2) is 14.9 Å². The number of allylic oxidation sites excluding steroid dienone is 3. The number of anilines is 2. The van der Waals surface area contributed by atoms with Gasteiger partial charge in [0.2, 0.25) is 0 Å². The molecule has 0 saturated heterocycles. The Bertz CT molecular complexity index is 1060. The second-order valence-corrected chi connectivity index (χ2v) is 6.64. The van der Waals surface area contributed by atoms with E-state index < -0.39 is 17.8 Å². The van der Waals surface area contributed by atoms with E-state index in [1.165, 1.54) is 6.08 Å². The summed E-state index contributed by atoms with van der Waals surface area (Å²) in [4.78, 5) is 17.0. The minimum absolute atomic E-state index is 0.00221. The smallest absolute Gasteiger partial charge is 0.416 e. The van der Waals surface area contributed by atoms with Crippen LogP contribution in [0.2, 0.25) is 0 Å². The summed E-state index contributed by atoms with van der Waals surface area (Å²) in [5.74, 6) is 0. The van der Waals surface area contributed by atoms with Crippen LogP contribution in [-0.4, -0.2) is 25.8 Å². The van der Waals surface area contributed by atoms with Crippen LogP contribution in [0.5, 0.6) is 0 Å². The highest BCUT2D eigenvalue weighted by Gasteiger charge is 2.30. The highest BCUT2D eigenvalue weighted by Crippen LogP contribution is 2.29. The van der Waals surface area contributed by atoms with Crippen LogP contribution in [0, 0.1) is 17.9 Å². The van der Waals surface area contributed by atoms with Gasteiger partial charge in [-0.2, -0.15) is 13.2 Å². The summed E-state index contributed by atoms with van der Waals surface area (Å²) in [5, 5.41) is 11.1. The van der Waals surface area contributed by atoms with E-state index in [0.29, 0.717) is 13.1 Å². The van der Waals surface area contributed by atoms with Gasteiger partial charge in [0.1, 0.15) is 6.61 Å². The number of nitriles is 1. The molecule has 0 atom stereocenters. The van der Waals surface area contributed by atoms with E-state index in [1.807, 2.05) is 36.1 Å². The minimum Gasteiger partial charge on any atom is -0.447 e. The zero-order valence-electron chi connectivity index (χ0n) is 17.8. The van der Waals surface area contributed by atoms with Crippen molar-refractivity contribution in [2.24, 2.45) is 0 Å². The van der Waals surface area contributed by atoms with Crippen molar-refractivity contribution < 1.29 is 22.7 Å². The third-order valence-corrected chi connectivity index (χ3v) is 4.47. The number of likely N-dealkylation sites (N-methyl/N-ethyl adjacent to an activating group) is 1. The van der Waals surface area contributed by atoms with E-state index in [0.717, 1.165) is 35.5 Å². The molecular weight excluding hydrogens is 433 g/mol. The van der Waals surface area contributed by atoms with E-state index in [1.54, 1.807) is 18.2 Å². The molecule has 2 aromatic carbocycles. The Morgan fingerprint density at radius 2 is 1.88 bits per heavy atom. The number of nitrogens with one attached hydrogen (secondary N) is 1. The minimum atomic E-state index is -4.44. The number of halogens is 3. The molecule has 0 bridgehead atoms. The topological polar surface area (TPSA) is 69.7 Å². The molecule has 33 heavy (non-hydrogen) atoms. The fraction of sp³-hybridized carbons (Fsp3) is 0.208. The molecule has 2 aromatic rings. The first kappa shape index (κ1) is 25.0. The molecule has 0 spiro atoms. The third-order valence-electron chi connectivity index (χ3n) is 4.47. The van der Waals surface area contributed by atoms with Crippen LogP contribution in [0.25, 0.3) is 10.9 Å². The first-order valence-electron chi connectivity index (χ1n) is 9.88. The maximum atomic E-state index is 12.6. The molecule has 2 rings (SSSR count). The predicted octanol–water partition coefficient (Wildman–Crippen LogP) is 6.12. The van der Waals surface area contributed by atoms with Crippen molar-refractivity contribution >= 4 is 23.5 Å². The van der Waals surface area contributed by atoms with Gasteiger partial charge in [0.05, 0.1) is 24.7 Å². The molecule has 1 N–H and O–H groups in total. The largest absolute Gasteiger partial charge is 0.447 e. The molecule has 0 fully saturated rings. The number of amides is 1. The van der Waals surface area contributed by atoms with Gasteiger partial charge in [-0.15, -0.1) is 0 Å². The fourth-order valence-corrected chi connectivity index (χ4v) is 2.76. The monoisotopic (exact) mass is 454 g/mol. The van der Waals surface area contributed by atoms with Crippen molar-refractivity contribution in [3.8, 4) is 6.07 Å². The summed E-state index contributed by atoms with van der Waals surface area (Å²) in [5.41, 5.74) is 1.21. The lowest BCUT2D eigenvalue weighted by Crippen LogP contribution is -2.28. The average Bonchev–Trinajstić information content (AvgIpc) is 2.80. The molecule has 0 heterocycles. The molecule has 0 aliphatic carbocycles. The van der Waals surface area contributed by atoms with E-state index >= 15 is 0 Å². The second-order valence-electron chi connectivity index (χ2n) is 6.64. The summed E-state index contributed by atoms with van der Waals surface area (Å²) in [7, 11) is 0. The Morgan fingerprint density at radius 1 is 1.21 bits per heavy atom. The highest BCUT2D eigenvalue weighted by molar-refractivity contribution is 5.84. The Hall–Kier alpha value is -4.24. The number of carbonyl (C=O) groups is 1. The second kappa shape index (κ2) is 12.0. The molecule has 0 aliphatic heterocycles. The maximum Gasteiger partial charge on any atom is 0.416 e. The summed E-state index contributed by atoms with van der Waals surface area (Å²) in [6.07, 6.45) is -0.348. The predicted molar refractivity (Wildman–Crippen MR) is 120 cm³/mol. The molecule has 170 valence electrons. The van der Waals surface area contributed by atoms with Crippen LogP contribution in [0.4, 0.5) is 29.3 Å². The van der Waals surface area contributed by atoms with Crippen LogP contribution in [-0.2, 0) is 10.9 Å². The molecule has 0 aromatic heterocycles. The third kappa shape index (κ3) is 8.08. The zero-order valence-corrected chi connectivity index (χ0v) is 17.8. The van der Waals surface area contributed by atoms with E-state index in [2.05, 4.69) is 10.2 Å². The van der Waals surface area contributed by atoms with Crippen molar-refractivity contribution in [2.75, 3.05) is 29.9 Å². The Balaban J connectivity index is 1.85. The number of benzene rings is 2. The van der Waals surface area contributed by atoms with Crippen molar-refractivity contribution in [3.05, 3.63) is 88.9 Å². The molecule has 0 saturated carbocycles. The molecular formula is C24H21F3N4O2. The molecule has 0 radical (unpaired) electrons. The SMILES string of the molecule is [C-]#[N+]C(C#N)=CC=Cc1ccc(N(CC)CCOC(=O)Nc2ccc(C(F)(F)F)cc2)cc1. The van der Waals surface area contributed by atoms with E-state index in [-0.39, 0.29) is 18.0 Å². The van der Waals surface area contributed by atoms with Crippen LogP contribution < -0.4 is 10.2 Å². The van der Waals surface area contributed by atoms with Gasteiger partial charge >= 0.3 is 12.3 Å². The van der Waals surface area contributed by atoms with Gasteiger partial charge in [-0.3, -0.25) is 5.32 Å². The summed E-state index contributed by atoms with van der Waals surface area (Å²) >= 11 is 0. The Kier molecular flexibility index (Phi) is 9.07. The Morgan fingerprint density at radius 3 is 2.42 bits per heavy atom. The normalized spacial score (nSPS) is 11.5. The number of nitrogens with zero attached hydrogens (tertiary/aromatic N) is 3. The molecule has 9 heteroatoms. The van der Waals surface area contributed by atoms with Gasteiger partial charge in [-0.1, -0.05) is 24.3 Å². The van der Waals surface area contributed by atoms with Gasteiger partial charge < -0.3 is 9.64 Å². The van der Waals surface area contributed by atoms with E-state index in [4.69, 9.17) is 16.6 Å². The number of rotatable bonds is 8. The molecule has 1 amide bonds. The van der Waals surface area contributed by atoms with Crippen LogP contribution >= 0.6 is 0 Å². The van der Waals surface area contributed by atoms with Crippen LogP contribution in [0.15, 0.2) is 66.4 Å². The lowest BCUT2D eigenvalue weighted by atomic mass is 10.1. The summed E-state index contributed by atoms with van der Waals surface area (Å²) in [6, 6.07) is 13.4. The molecule has 6 nitrogen and oxygen atoms in total. The van der Waals surface area contributed by atoms with Crippen molar-refractivity contribution in [1.82, 2.24) is 0 Å². The highest BCUT2D eigenvalue weighted by atomic mass is 19.4. The summed E-state index contributed by atoms with van der Waals surface area (Å²) < 4.78 is 42.9. The zero-order chi connectivity index (χ0) is 24.3.